The van der Waals surface area contributed by atoms with Crippen molar-refractivity contribution in [2.75, 3.05) is 20.3 Å². The maximum atomic E-state index is 15.7. The second-order valence-electron chi connectivity index (χ2n) is 8.51. The zero-order chi connectivity index (χ0) is 27.2. The smallest absolute Gasteiger partial charge is 0.334 e. The molecule has 2 aliphatic rings. The molecule has 2 aliphatic heterocycles. The highest BCUT2D eigenvalue weighted by Crippen LogP contribution is 2.43. The number of carbonyl (C=O) groups excluding carboxylic acids is 1. The number of hydrogen-bond donors (Lipinski definition) is 0. The summed E-state index contributed by atoms with van der Waals surface area (Å²) in [5.74, 6) is -0.625. The van der Waals surface area contributed by atoms with Gasteiger partial charge in [0.15, 0.2) is 12.4 Å². The maximum Gasteiger partial charge on any atom is 0.334 e. The maximum absolute atomic E-state index is 15.7. The molecule has 38 heavy (non-hydrogen) atoms. The second-order valence-corrected chi connectivity index (χ2v) is 10.5. The average molecular weight is 588 g/mol. The molecule has 2 heterocycles. The number of hydrogen-bond acceptors (Lipinski definition) is 9. The van der Waals surface area contributed by atoms with Crippen molar-refractivity contribution in [3.05, 3.63) is 64.1 Å². The normalized spacial score (nSPS) is 28.1. The van der Waals surface area contributed by atoms with Crippen LogP contribution < -0.4 is 0 Å². The summed E-state index contributed by atoms with van der Waals surface area (Å²) in [5, 5.41) is 8.49. The number of carbonyl (C=O) groups is 1. The standard InChI is InChI=1S/C25H28Cl2FN3O6S/c1-4-29-30-31(28)20-21-19(13-34-24(37-21)15-8-6-5-7-9-15)36-25(22(20)35-14(2)23(32)33-3)38-16-10-11-17(26)18(27)12-16/h5-12,14,19-22,24-25H,4,13H2,1-3H3/t14?,19-,20+,21+,22-,24?,25-/m1/s1. The molecule has 0 aromatic heterocycles. The first-order valence-corrected chi connectivity index (χ1v) is 13.6. The van der Waals surface area contributed by atoms with Crippen molar-refractivity contribution in [3.63, 3.8) is 0 Å². The van der Waals surface area contributed by atoms with Gasteiger partial charge in [0.05, 0.1) is 30.3 Å². The topological polar surface area (TPSA) is 91.2 Å². The number of benzene rings is 2. The molecule has 0 bridgehead atoms. The van der Waals surface area contributed by atoms with Gasteiger partial charge in [0.25, 0.3) is 0 Å². The van der Waals surface area contributed by atoms with Crippen molar-refractivity contribution in [1.29, 1.82) is 0 Å². The molecule has 9 nitrogen and oxygen atoms in total. The highest BCUT2D eigenvalue weighted by molar-refractivity contribution is 7.99. The number of methoxy groups -OCH3 is 1. The zero-order valence-electron chi connectivity index (χ0n) is 20.9. The fourth-order valence-corrected chi connectivity index (χ4v) is 5.67. The second kappa shape index (κ2) is 13.4. The minimum atomic E-state index is -1.15. The Balaban J connectivity index is 1.70. The number of rotatable bonds is 9. The van der Waals surface area contributed by atoms with Gasteiger partial charge >= 0.3 is 5.97 Å². The van der Waals surface area contributed by atoms with Crippen molar-refractivity contribution in [1.82, 2.24) is 5.23 Å². The Kier molecular flexibility index (Phi) is 10.2. The number of ether oxygens (including phenoxy) is 5. The first-order valence-electron chi connectivity index (χ1n) is 12.0. The number of halogens is 3. The Labute approximate surface area is 234 Å². The molecular weight excluding hydrogens is 560 g/mol. The van der Waals surface area contributed by atoms with Crippen LogP contribution in [0.25, 0.3) is 0 Å². The minimum Gasteiger partial charge on any atom is -0.467 e. The number of esters is 1. The first kappa shape index (κ1) is 29.0. The fourth-order valence-electron chi connectivity index (χ4n) is 4.15. The molecule has 4 rings (SSSR count). The highest BCUT2D eigenvalue weighted by atomic mass is 35.5. The van der Waals surface area contributed by atoms with Crippen LogP contribution in [0.1, 0.15) is 25.7 Å². The summed E-state index contributed by atoms with van der Waals surface area (Å²) in [7, 11) is 1.25. The van der Waals surface area contributed by atoms with E-state index in [2.05, 4.69) is 10.3 Å². The molecule has 2 unspecified atom stereocenters. The quantitative estimate of drug-likeness (QED) is 0.157. The third-order valence-electron chi connectivity index (χ3n) is 5.95. The van der Waals surface area contributed by atoms with Gasteiger partial charge in [0.2, 0.25) is 0 Å². The van der Waals surface area contributed by atoms with Crippen molar-refractivity contribution in [2.45, 2.75) is 60.9 Å². The Morgan fingerprint density at radius 1 is 1.21 bits per heavy atom. The van der Waals surface area contributed by atoms with E-state index in [1.807, 2.05) is 30.3 Å². The molecule has 13 heteroatoms. The first-order chi connectivity index (χ1) is 18.3. The molecule has 0 aliphatic carbocycles. The van der Waals surface area contributed by atoms with Crippen LogP contribution in [0.5, 0.6) is 0 Å². The van der Waals surface area contributed by atoms with Crippen LogP contribution in [-0.4, -0.2) is 67.4 Å². The molecule has 0 radical (unpaired) electrons. The van der Waals surface area contributed by atoms with E-state index in [0.717, 1.165) is 5.56 Å². The molecule has 206 valence electrons. The van der Waals surface area contributed by atoms with Gasteiger partial charge in [0, 0.05) is 10.5 Å². The SMILES string of the molecule is CCN=NN(F)[C@@H]1[C@@H](OC(C)C(=O)OC)[C@@H](Sc2ccc(Cl)c(Cl)c2)O[C@@H]2COC(c3ccccc3)O[C@H]12. The summed E-state index contributed by atoms with van der Waals surface area (Å²) >= 11 is 13.5. The van der Waals surface area contributed by atoms with E-state index in [9.17, 15) is 4.79 Å². The number of nitrogens with zero attached hydrogens (tertiary/aromatic N) is 3. The lowest BCUT2D eigenvalue weighted by Gasteiger charge is -2.49. The Morgan fingerprint density at radius 3 is 2.66 bits per heavy atom. The van der Waals surface area contributed by atoms with E-state index in [0.29, 0.717) is 14.9 Å². The monoisotopic (exact) mass is 587 g/mol. The lowest BCUT2D eigenvalue weighted by molar-refractivity contribution is -0.327. The Morgan fingerprint density at radius 2 is 1.97 bits per heavy atom. The summed E-state index contributed by atoms with van der Waals surface area (Å²) in [5.41, 5.74) is -0.0563. The summed E-state index contributed by atoms with van der Waals surface area (Å²) in [6, 6.07) is 13.2. The molecule has 0 spiro atoms. The van der Waals surface area contributed by atoms with Gasteiger partial charge in [-0.1, -0.05) is 69.8 Å². The largest absolute Gasteiger partial charge is 0.467 e. The molecule has 0 amide bonds. The van der Waals surface area contributed by atoms with Crippen LogP contribution in [0.15, 0.2) is 63.8 Å². The Bertz CT molecular complexity index is 1120. The molecular formula is C25H28Cl2FN3O6S. The van der Waals surface area contributed by atoms with E-state index in [1.165, 1.54) is 25.8 Å². The van der Waals surface area contributed by atoms with Crippen LogP contribution in [0.3, 0.4) is 0 Å². The van der Waals surface area contributed by atoms with E-state index in [4.69, 9.17) is 46.9 Å². The van der Waals surface area contributed by atoms with Gasteiger partial charge in [-0.15, -0.1) is 5.23 Å². The highest BCUT2D eigenvalue weighted by Gasteiger charge is 2.54. The van der Waals surface area contributed by atoms with Crippen LogP contribution in [0, 0.1) is 0 Å². The summed E-state index contributed by atoms with van der Waals surface area (Å²) in [4.78, 5) is 13.0. The van der Waals surface area contributed by atoms with Gasteiger partial charge < -0.3 is 23.7 Å². The molecule has 2 fully saturated rings. The summed E-state index contributed by atoms with van der Waals surface area (Å²) < 4.78 is 45.2. The van der Waals surface area contributed by atoms with Crippen LogP contribution in [0.2, 0.25) is 10.0 Å². The lowest BCUT2D eigenvalue weighted by Crippen LogP contribution is -2.65. The van der Waals surface area contributed by atoms with Crippen molar-refractivity contribution < 1.29 is 33.0 Å². The lowest BCUT2D eigenvalue weighted by atomic mass is 9.96. The van der Waals surface area contributed by atoms with Gasteiger partial charge in [0.1, 0.15) is 29.8 Å². The molecule has 0 saturated carbocycles. The van der Waals surface area contributed by atoms with Crippen LogP contribution >= 0.6 is 35.0 Å². The van der Waals surface area contributed by atoms with E-state index >= 15 is 4.48 Å². The van der Waals surface area contributed by atoms with Crippen molar-refractivity contribution in [2.24, 2.45) is 10.3 Å². The molecule has 0 N–H and O–H groups in total. The molecule has 2 saturated heterocycles. The van der Waals surface area contributed by atoms with Gasteiger partial charge in [-0.25, -0.2) is 4.79 Å². The Hall–Kier alpha value is -1.99. The van der Waals surface area contributed by atoms with Crippen molar-refractivity contribution in [3.8, 4) is 0 Å². The number of fused-ring (bicyclic) bond motifs is 1. The van der Waals surface area contributed by atoms with E-state index in [-0.39, 0.29) is 18.4 Å². The minimum absolute atomic E-state index is 0.122. The number of thioether (sulfide) groups is 1. The van der Waals surface area contributed by atoms with Gasteiger partial charge in [-0.2, -0.15) is 5.11 Å². The third kappa shape index (κ3) is 6.77. The fraction of sp³-hybridized carbons (Fsp3) is 0.480. The van der Waals surface area contributed by atoms with Gasteiger partial charge in [-0.3, -0.25) is 0 Å². The third-order valence-corrected chi connectivity index (χ3v) is 7.83. The van der Waals surface area contributed by atoms with E-state index in [1.54, 1.807) is 25.1 Å². The average Bonchev–Trinajstić information content (AvgIpc) is 2.93. The predicted molar refractivity (Wildman–Crippen MR) is 139 cm³/mol. The summed E-state index contributed by atoms with van der Waals surface area (Å²) in [6.45, 7) is 3.64. The molecule has 2 aromatic rings. The molecule has 7 atom stereocenters. The zero-order valence-corrected chi connectivity index (χ0v) is 23.2. The van der Waals surface area contributed by atoms with Crippen molar-refractivity contribution >= 4 is 40.9 Å². The summed E-state index contributed by atoms with van der Waals surface area (Å²) in [6.07, 6.45) is -4.41. The van der Waals surface area contributed by atoms with Crippen LogP contribution in [0.4, 0.5) is 4.48 Å². The predicted octanol–water partition coefficient (Wildman–Crippen LogP) is 5.81. The van der Waals surface area contributed by atoms with Crippen LogP contribution in [-0.2, 0) is 28.5 Å². The van der Waals surface area contributed by atoms with E-state index < -0.39 is 48.2 Å². The van der Waals surface area contributed by atoms with Gasteiger partial charge in [-0.05, 0) is 37.3 Å². The molecule has 2 aromatic carbocycles.